The summed E-state index contributed by atoms with van der Waals surface area (Å²) in [6, 6.07) is 12.1. The van der Waals surface area contributed by atoms with Gasteiger partial charge in [-0.3, -0.25) is 9.89 Å². The molecule has 1 aliphatic heterocycles. The van der Waals surface area contributed by atoms with Crippen LogP contribution in [0.4, 0.5) is 5.69 Å². The predicted molar refractivity (Wildman–Crippen MR) is 108 cm³/mol. The molecule has 1 aromatic heterocycles. The SMILES string of the molecule is Cc1ccc2[nH]nc(C(=O)Nc3cccc(S(=O)(=O)N4CCCCC4)c3)c2c1. The fraction of sp³-hybridized carbons (Fsp3) is 0.300. The largest absolute Gasteiger partial charge is 0.321 e. The van der Waals surface area contributed by atoms with Crippen molar-refractivity contribution in [1.82, 2.24) is 14.5 Å². The van der Waals surface area contributed by atoms with Crippen LogP contribution in [-0.2, 0) is 10.0 Å². The van der Waals surface area contributed by atoms with Crippen LogP contribution in [0, 0.1) is 6.92 Å². The number of nitrogens with one attached hydrogen (secondary N) is 2. The second-order valence-corrected chi connectivity index (χ2v) is 9.01. The molecule has 2 heterocycles. The highest BCUT2D eigenvalue weighted by Crippen LogP contribution is 2.24. The van der Waals surface area contributed by atoms with E-state index in [-0.39, 0.29) is 16.5 Å². The fourth-order valence-corrected chi connectivity index (χ4v) is 5.04. The molecule has 0 saturated carbocycles. The van der Waals surface area contributed by atoms with Crippen LogP contribution in [0.25, 0.3) is 10.9 Å². The van der Waals surface area contributed by atoms with Gasteiger partial charge < -0.3 is 5.32 Å². The zero-order chi connectivity index (χ0) is 19.7. The van der Waals surface area contributed by atoms with E-state index in [0.717, 1.165) is 35.7 Å². The molecule has 2 aromatic carbocycles. The number of aryl methyl sites for hydroxylation is 1. The van der Waals surface area contributed by atoms with Crippen molar-refractivity contribution >= 4 is 32.5 Å². The molecule has 4 rings (SSSR count). The summed E-state index contributed by atoms with van der Waals surface area (Å²) in [5, 5.41) is 10.5. The number of carbonyl (C=O) groups is 1. The lowest BCUT2D eigenvalue weighted by Gasteiger charge is -2.26. The first-order valence-corrected chi connectivity index (χ1v) is 10.8. The van der Waals surface area contributed by atoms with Crippen molar-refractivity contribution in [2.45, 2.75) is 31.1 Å². The zero-order valence-corrected chi connectivity index (χ0v) is 16.4. The van der Waals surface area contributed by atoms with Gasteiger partial charge in [0, 0.05) is 24.2 Å². The van der Waals surface area contributed by atoms with E-state index < -0.39 is 10.0 Å². The average Bonchev–Trinajstić information content (AvgIpc) is 3.12. The van der Waals surface area contributed by atoms with Crippen LogP contribution < -0.4 is 5.32 Å². The number of fused-ring (bicyclic) bond motifs is 1. The number of nitrogens with zero attached hydrogens (tertiary/aromatic N) is 2. The Kier molecular flexibility index (Phi) is 4.91. The summed E-state index contributed by atoms with van der Waals surface area (Å²) in [6.45, 7) is 3.03. The number of hydrogen-bond acceptors (Lipinski definition) is 4. The van der Waals surface area contributed by atoms with Crippen LogP contribution in [0.15, 0.2) is 47.4 Å². The maximum atomic E-state index is 12.9. The highest BCUT2D eigenvalue weighted by molar-refractivity contribution is 7.89. The topological polar surface area (TPSA) is 95.2 Å². The van der Waals surface area contributed by atoms with E-state index in [1.54, 1.807) is 18.2 Å². The van der Waals surface area contributed by atoms with Gasteiger partial charge in [-0.05, 0) is 50.1 Å². The van der Waals surface area contributed by atoms with Gasteiger partial charge in [0.2, 0.25) is 10.0 Å². The number of aromatic nitrogens is 2. The third-order valence-electron chi connectivity index (χ3n) is 4.98. The van der Waals surface area contributed by atoms with Crippen LogP contribution >= 0.6 is 0 Å². The molecule has 1 fully saturated rings. The summed E-state index contributed by atoms with van der Waals surface area (Å²) < 4.78 is 27.2. The molecule has 0 unspecified atom stereocenters. The van der Waals surface area contributed by atoms with Crippen LogP contribution in [0.3, 0.4) is 0 Å². The van der Waals surface area contributed by atoms with E-state index in [0.29, 0.717) is 18.8 Å². The molecule has 146 valence electrons. The highest BCUT2D eigenvalue weighted by atomic mass is 32.2. The number of benzene rings is 2. The van der Waals surface area contributed by atoms with Crippen LogP contribution in [0.2, 0.25) is 0 Å². The van der Waals surface area contributed by atoms with E-state index in [1.165, 1.54) is 10.4 Å². The van der Waals surface area contributed by atoms with E-state index in [9.17, 15) is 13.2 Å². The Labute approximate surface area is 163 Å². The van der Waals surface area contributed by atoms with Gasteiger partial charge in [0.05, 0.1) is 10.4 Å². The van der Waals surface area contributed by atoms with Crippen molar-refractivity contribution in [2.75, 3.05) is 18.4 Å². The molecule has 0 radical (unpaired) electrons. The van der Waals surface area contributed by atoms with E-state index in [1.807, 2.05) is 25.1 Å². The predicted octanol–water partition coefficient (Wildman–Crippen LogP) is 3.30. The van der Waals surface area contributed by atoms with E-state index in [2.05, 4.69) is 15.5 Å². The summed E-state index contributed by atoms with van der Waals surface area (Å²) in [7, 11) is -3.55. The van der Waals surface area contributed by atoms with Gasteiger partial charge in [0.1, 0.15) is 0 Å². The Bertz CT molecular complexity index is 1130. The van der Waals surface area contributed by atoms with Gasteiger partial charge in [-0.25, -0.2) is 8.42 Å². The molecule has 1 amide bonds. The lowest BCUT2D eigenvalue weighted by Crippen LogP contribution is -2.35. The number of rotatable bonds is 4. The third kappa shape index (κ3) is 3.53. The number of hydrogen-bond donors (Lipinski definition) is 2. The Balaban J connectivity index is 1.59. The van der Waals surface area contributed by atoms with E-state index >= 15 is 0 Å². The summed E-state index contributed by atoms with van der Waals surface area (Å²) in [5.41, 5.74) is 2.50. The van der Waals surface area contributed by atoms with Crippen LogP contribution in [-0.4, -0.2) is 41.9 Å². The quantitative estimate of drug-likeness (QED) is 0.705. The van der Waals surface area contributed by atoms with Gasteiger partial charge in [0.15, 0.2) is 5.69 Å². The molecule has 0 bridgehead atoms. The second kappa shape index (κ2) is 7.37. The van der Waals surface area contributed by atoms with Gasteiger partial charge in [-0.15, -0.1) is 0 Å². The molecule has 0 atom stereocenters. The molecule has 3 aromatic rings. The maximum absolute atomic E-state index is 12.9. The zero-order valence-electron chi connectivity index (χ0n) is 15.6. The lowest BCUT2D eigenvalue weighted by atomic mass is 10.1. The number of carbonyl (C=O) groups excluding carboxylic acids is 1. The molecular weight excluding hydrogens is 376 g/mol. The Hall–Kier alpha value is -2.71. The Morgan fingerprint density at radius 2 is 1.89 bits per heavy atom. The van der Waals surface area contributed by atoms with Gasteiger partial charge >= 0.3 is 0 Å². The minimum atomic E-state index is -3.55. The first-order valence-electron chi connectivity index (χ1n) is 9.31. The molecule has 7 nitrogen and oxygen atoms in total. The normalized spacial score (nSPS) is 15.6. The highest BCUT2D eigenvalue weighted by Gasteiger charge is 2.26. The monoisotopic (exact) mass is 398 g/mol. The summed E-state index contributed by atoms with van der Waals surface area (Å²) in [6.07, 6.45) is 2.81. The molecule has 1 saturated heterocycles. The Morgan fingerprint density at radius 3 is 2.68 bits per heavy atom. The third-order valence-corrected chi connectivity index (χ3v) is 6.87. The minimum Gasteiger partial charge on any atom is -0.321 e. The molecular formula is C20H22N4O3S. The van der Waals surface area contributed by atoms with E-state index in [4.69, 9.17) is 0 Å². The van der Waals surface area contributed by atoms with Crippen LogP contribution in [0.5, 0.6) is 0 Å². The number of piperidine rings is 1. The van der Waals surface area contributed by atoms with Crippen LogP contribution in [0.1, 0.15) is 35.3 Å². The average molecular weight is 398 g/mol. The van der Waals surface area contributed by atoms with Gasteiger partial charge in [-0.2, -0.15) is 9.40 Å². The smallest absolute Gasteiger partial charge is 0.276 e. The number of amides is 1. The molecule has 8 heteroatoms. The van der Waals surface area contributed by atoms with Crippen molar-refractivity contribution in [3.8, 4) is 0 Å². The summed E-state index contributed by atoms with van der Waals surface area (Å²) in [5.74, 6) is -0.385. The van der Waals surface area contributed by atoms with Crippen molar-refractivity contribution in [3.63, 3.8) is 0 Å². The second-order valence-electron chi connectivity index (χ2n) is 7.07. The molecule has 1 aliphatic rings. The number of sulfonamides is 1. The molecule has 0 spiro atoms. The fourth-order valence-electron chi connectivity index (χ4n) is 3.48. The molecule has 2 N–H and O–H groups in total. The summed E-state index contributed by atoms with van der Waals surface area (Å²) in [4.78, 5) is 12.9. The van der Waals surface area contributed by atoms with Crippen molar-refractivity contribution in [1.29, 1.82) is 0 Å². The van der Waals surface area contributed by atoms with Crippen molar-refractivity contribution in [2.24, 2.45) is 0 Å². The first kappa shape index (κ1) is 18.6. The Morgan fingerprint density at radius 1 is 1.11 bits per heavy atom. The standard InChI is InChI=1S/C20H22N4O3S/c1-14-8-9-18-17(12-14)19(23-22-18)20(25)21-15-6-5-7-16(13-15)28(26,27)24-10-3-2-4-11-24/h5-9,12-13H,2-4,10-11H2,1H3,(H,21,25)(H,22,23). The minimum absolute atomic E-state index is 0.190. The lowest BCUT2D eigenvalue weighted by molar-refractivity contribution is 0.102. The number of anilines is 1. The van der Waals surface area contributed by atoms with Crippen molar-refractivity contribution in [3.05, 3.63) is 53.7 Å². The van der Waals surface area contributed by atoms with Gasteiger partial charge in [-0.1, -0.05) is 24.1 Å². The molecule has 0 aliphatic carbocycles. The van der Waals surface area contributed by atoms with Gasteiger partial charge in [0.25, 0.3) is 5.91 Å². The maximum Gasteiger partial charge on any atom is 0.276 e. The van der Waals surface area contributed by atoms with Crippen molar-refractivity contribution < 1.29 is 13.2 Å². The summed E-state index contributed by atoms with van der Waals surface area (Å²) >= 11 is 0. The number of aromatic amines is 1. The number of H-pyrrole nitrogens is 1. The first-order chi connectivity index (χ1) is 13.4. The molecule has 28 heavy (non-hydrogen) atoms.